The molecule has 0 spiro atoms. The third-order valence-electron chi connectivity index (χ3n) is 23.1. The second-order valence-corrected chi connectivity index (χ2v) is 45.0. The highest BCUT2D eigenvalue weighted by molar-refractivity contribution is 7.19. The summed E-state index contributed by atoms with van der Waals surface area (Å²) >= 11 is 31.8. The van der Waals surface area contributed by atoms with Gasteiger partial charge in [0.15, 0.2) is 27.9 Å². The molecule has 21 rings (SSSR count). The van der Waals surface area contributed by atoms with Crippen molar-refractivity contribution in [3.63, 3.8) is 0 Å². The minimum Gasteiger partial charge on any atom is -0.464 e. The third kappa shape index (κ3) is 25.2. The molecule has 12 aromatic rings. The minimum atomic E-state index is -0.405. The maximum absolute atomic E-state index is 14.2. The number of nitrogens with one attached hydrogen (secondary N) is 9. The number of benzene rings is 3. The summed E-state index contributed by atoms with van der Waals surface area (Å²) in [6.45, 7) is 34.5. The Labute approximate surface area is 843 Å². The summed E-state index contributed by atoms with van der Waals surface area (Å²) < 4.78 is 49.7. The number of fused-ring (bicyclic) bond motifs is 4. The lowest BCUT2D eigenvalue weighted by molar-refractivity contribution is 0.491. The first-order valence-electron chi connectivity index (χ1n) is 44.1. The van der Waals surface area contributed by atoms with E-state index in [0.717, 1.165) is 84.0 Å². The van der Waals surface area contributed by atoms with E-state index in [1.807, 2.05) is 101 Å². The number of aliphatic imine (C=N–C) groups is 8. The molecule has 716 valence electrons. The van der Waals surface area contributed by atoms with Crippen molar-refractivity contribution in [3.8, 4) is 0 Å². The van der Waals surface area contributed by atoms with E-state index in [2.05, 4.69) is 243 Å². The smallest absolute Gasteiger partial charge is 0.195 e. The van der Waals surface area contributed by atoms with Gasteiger partial charge in [0, 0.05) is 158 Å². The van der Waals surface area contributed by atoms with Gasteiger partial charge in [-0.3, -0.25) is 34.9 Å². The lowest BCUT2D eigenvalue weighted by Crippen LogP contribution is -2.41. The predicted octanol–water partition coefficient (Wildman–Crippen LogP) is 29.3. The van der Waals surface area contributed by atoms with Gasteiger partial charge in [0.25, 0.3) is 0 Å². The van der Waals surface area contributed by atoms with Gasteiger partial charge in [0.1, 0.15) is 53.9 Å². The lowest BCUT2D eigenvalue weighted by atomic mass is 9.91. The molecule has 3 aromatic carbocycles. The van der Waals surface area contributed by atoms with Crippen LogP contribution in [0, 0.1) is 104 Å². The maximum atomic E-state index is 14.2. The van der Waals surface area contributed by atoms with Gasteiger partial charge in [-0.2, -0.15) is 8.78 Å². The fourth-order valence-electron chi connectivity index (χ4n) is 16.5. The monoisotopic (exact) mass is 2040 g/mol. The Balaban J connectivity index is 0.000000140. The summed E-state index contributed by atoms with van der Waals surface area (Å²) in [6, 6.07) is 33.0. The Hall–Kier alpha value is -10.5. The number of guanidine groups is 2. The number of anilines is 1. The average Bonchev–Trinajstić information content (AvgIpc) is 1.64. The zero-order valence-electron chi connectivity index (χ0n) is 77.5. The standard InChI is InChI=1S/C13H11ClFN3S.C13H12ClN3S.C13H15ClN2S.2C13H18N2S.C12H8F2N2S.C12H12N2OS.C12H16N2S.2CH4/c1-16-13-17-6-8(14)11(18-13)10-7-4-2-3-5-9(7)19-12(10)15;1-7-11(8-4-2-3-5-10(8)18-7)12-9(14)6-16-13(15)17-12;1-7-5-10(8(2)17-7)12-11(14)6-15-13(16-12)9-3-4-9;1-8(2)12-6-14-7-15-13(12)11-5-9(3)16-10(11)4;1-5-11-7-14-10(4)15-13(11)12-6-8(2)16-9(12)3;13-7-1-2-10-8(5-7)11(12(14)17-10)9-3-4-15-6-16-9;1-7-5-9(8(2)16-7)11-12-10(3-4-15-12)13-6-14-11;1-4-10-6-13-7-14-12(10)11-5-8(2)15-9(11)3;;/h2-6,11H,1H3,(H2,16,17,18);2-6,12H,1H3,(H3,15,16,17);5-6,9,12H,3-4H2,1-2H3,(H,15,16);5-8,13H,1-4H3,(H,14,15);6-7,13H,5H2,1-4H3,(H,14,15);1-6,9H,(H,15,16);3-6,11H,1-2H3,(H,13,14);5-7,12H,4H2,1-3H3,(H,13,14);2*1H4. The van der Waals surface area contributed by atoms with E-state index in [9.17, 15) is 13.2 Å². The van der Waals surface area contributed by atoms with E-state index in [1.165, 1.54) is 140 Å². The van der Waals surface area contributed by atoms with E-state index >= 15 is 0 Å². The van der Waals surface area contributed by atoms with Crippen molar-refractivity contribution in [2.24, 2.45) is 57.5 Å². The Bertz CT molecular complexity index is 6750. The highest BCUT2D eigenvalue weighted by atomic mass is 35.5. The number of furan rings is 1. The number of nitrogens with zero attached hydrogens (tertiary/aromatic N) is 8. The van der Waals surface area contributed by atoms with E-state index in [-0.39, 0.29) is 73.2 Å². The number of hydrogen-bond donors (Lipinski definition) is 10. The van der Waals surface area contributed by atoms with Crippen molar-refractivity contribution in [2.45, 2.75) is 200 Å². The van der Waals surface area contributed by atoms with Gasteiger partial charge in [0.05, 0.1) is 64.3 Å². The molecule has 19 nitrogen and oxygen atoms in total. The molecule has 11 N–H and O–H groups in total. The summed E-state index contributed by atoms with van der Waals surface area (Å²) in [6.07, 6.45) is 28.1. The highest BCUT2D eigenvalue weighted by Crippen LogP contribution is 2.47. The van der Waals surface area contributed by atoms with Gasteiger partial charge in [0.2, 0.25) is 0 Å². The largest absolute Gasteiger partial charge is 0.464 e. The summed E-state index contributed by atoms with van der Waals surface area (Å²) in [5.41, 5.74) is 19.6. The molecule has 136 heavy (non-hydrogen) atoms. The van der Waals surface area contributed by atoms with Crippen LogP contribution in [0.4, 0.5) is 18.9 Å². The molecule has 17 heterocycles. The molecule has 1 aliphatic carbocycles. The third-order valence-corrected chi connectivity index (χ3v) is 32.0. The van der Waals surface area contributed by atoms with Crippen LogP contribution >= 0.6 is 125 Å². The van der Waals surface area contributed by atoms with Crippen LogP contribution in [0.25, 0.3) is 30.3 Å². The second-order valence-electron chi connectivity index (χ2n) is 33.1. The quantitative estimate of drug-likeness (QED) is 0.0551. The Morgan fingerprint density at radius 2 is 0.971 bits per heavy atom. The number of amidine groups is 2. The number of hydrogen-bond acceptors (Lipinski definition) is 25. The molecule has 1 fully saturated rings. The van der Waals surface area contributed by atoms with E-state index in [1.54, 1.807) is 85.7 Å². The van der Waals surface area contributed by atoms with Crippen LogP contribution in [0.2, 0.25) is 0 Å². The molecule has 8 unspecified atom stereocenters. The van der Waals surface area contributed by atoms with Gasteiger partial charge in [-0.05, 0) is 231 Å². The summed E-state index contributed by atoms with van der Waals surface area (Å²) in [7, 11) is 1.65. The Morgan fingerprint density at radius 1 is 0.463 bits per heavy atom. The fourth-order valence-corrected chi connectivity index (χ4v) is 24.9. The molecule has 8 aliphatic heterocycles. The molecular weight excluding hydrogens is 1930 g/mol. The summed E-state index contributed by atoms with van der Waals surface area (Å²) in [4.78, 5) is 50.4. The molecular formula is C103H118Cl3F3N18OS8. The zero-order chi connectivity index (χ0) is 95.3. The van der Waals surface area contributed by atoms with Crippen molar-refractivity contribution in [3.05, 3.63) is 311 Å². The van der Waals surface area contributed by atoms with Crippen molar-refractivity contribution < 1.29 is 17.6 Å². The number of halogens is 6. The van der Waals surface area contributed by atoms with Crippen molar-refractivity contribution >= 4 is 210 Å². The van der Waals surface area contributed by atoms with Gasteiger partial charge >= 0.3 is 0 Å². The van der Waals surface area contributed by atoms with E-state index in [0.29, 0.717) is 50.3 Å². The summed E-state index contributed by atoms with van der Waals surface area (Å²) in [5.74, 6) is 4.80. The molecule has 9 aliphatic rings. The predicted molar refractivity (Wildman–Crippen MR) is 584 cm³/mol. The number of nitrogens with two attached hydrogens (primary N) is 1. The zero-order valence-corrected chi connectivity index (χ0v) is 86.3. The topological polar surface area (TPSA) is 246 Å². The number of aryl methyl sites for hydroxylation is 11. The highest BCUT2D eigenvalue weighted by Gasteiger charge is 2.34. The van der Waals surface area contributed by atoms with E-state index < -0.39 is 6.04 Å². The van der Waals surface area contributed by atoms with Crippen LogP contribution in [0.5, 0.6) is 0 Å². The van der Waals surface area contributed by atoms with Gasteiger partial charge in [-0.15, -0.1) is 90.7 Å². The van der Waals surface area contributed by atoms with Crippen LogP contribution in [0.3, 0.4) is 0 Å². The number of rotatable bonds is 12. The molecule has 8 atom stereocenters. The Morgan fingerprint density at radius 3 is 1.54 bits per heavy atom. The minimum absolute atomic E-state index is 0. The van der Waals surface area contributed by atoms with Gasteiger partial charge in [-0.1, -0.05) is 114 Å². The Kier molecular flexibility index (Phi) is 36.6. The normalized spacial score (nSPS) is 19.9. The molecule has 0 bridgehead atoms. The SMILES string of the molecule is C.C.CCC1=CNC(C)=NC1c1cc(C)sc1C.CCC1=CNC=NC1c1cc(C)sc1C.CN=C1NC=C(Cl)C(c2c(F)sc3ccccc23)N1.Cc1cc(C2N=C(C3CC3)NC=C2Cl)c(C)s1.Cc1cc(C2N=CNC=C2C(C)C)c(C)s1.Cc1cc(C2N=CNc3ccoc32)c(C)s1.Cc1sc2ccccc2c1C1N=C(N)NC=C1Cl.Fc1ccc2sc(F)c(C3C=CNC=N3)c2c1. The maximum Gasteiger partial charge on any atom is 0.195 e. The first-order valence-corrected chi connectivity index (χ1v) is 51.7. The molecule has 0 amide bonds. The molecule has 9 aromatic heterocycles. The first-order chi connectivity index (χ1) is 64.4. The van der Waals surface area contributed by atoms with Crippen molar-refractivity contribution in [2.75, 3.05) is 12.4 Å². The van der Waals surface area contributed by atoms with E-state index in [4.69, 9.17) is 54.9 Å². The summed E-state index contributed by atoms with van der Waals surface area (Å²) in [5, 5.41) is 31.4. The molecule has 0 saturated heterocycles. The lowest BCUT2D eigenvalue weighted by Gasteiger charge is -2.24. The molecule has 1 saturated carbocycles. The van der Waals surface area contributed by atoms with Crippen LogP contribution in [-0.2, 0) is 0 Å². The average molecular weight is 2040 g/mol. The van der Waals surface area contributed by atoms with Crippen LogP contribution in [0.15, 0.2) is 235 Å². The van der Waals surface area contributed by atoms with Crippen LogP contribution in [0.1, 0.15) is 227 Å². The van der Waals surface area contributed by atoms with Crippen LogP contribution < -0.4 is 53.6 Å². The number of thiophene rings is 8. The van der Waals surface area contributed by atoms with Gasteiger partial charge in [-0.25, -0.2) is 9.38 Å². The molecule has 0 radical (unpaired) electrons. The first kappa shape index (κ1) is 104. The second kappa shape index (κ2) is 47.7. The van der Waals surface area contributed by atoms with Crippen LogP contribution in [-0.4, -0.2) is 56.0 Å². The molecule has 33 heteroatoms. The van der Waals surface area contributed by atoms with Crippen molar-refractivity contribution in [1.82, 2.24) is 42.5 Å². The van der Waals surface area contributed by atoms with Gasteiger partial charge < -0.3 is 58.0 Å². The van der Waals surface area contributed by atoms with Crippen molar-refractivity contribution in [1.29, 1.82) is 0 Å². The fraction of sp³-hybridized carbons (Fsp3) is 0.320.